The highest BCUT2D eigenvalue weighted by atomic mass is 32.2. The molecule has 0 aliphatic carbocycles. The van der Waals surface area contributed by atoms with Crippen molar-refractivity contribution in [3.05, 3.63) is 34.3 Å². The Morgan fingerprint density at radius 2 is 2.24 bits per heavy atom. The zero-order valence-corrected chi connectivity index (χ0v) is 13.8. The molecule has 6 nitrogen and oxygen atoms in total. The Hall–Kier alpha value is -1.22. The van der Waals surface area contributed by atoms with Crippen LogP contribution in [-0.2, 0) is 23.1 Å². The van der Waals surface area contributed by atoms with Crippen molar-refractivity contribution in [1.29, 1.82) is 0 Å². The molecular weight excluding hydrogens is 308 g/mol. The van der Waals surface area contributed by atoms with Gasteiger partial charge in [0.15, 0.2) is 0 Å². The van der Waals surface area contributed by atoms with Gasteiger partial charge in [0.05, 0.1) is 17.6 Å². The summed E-state index contributed by atoms with van der Waals surface area (Å²) in [4.78, 5) is 1.20. The first-order chi connectivity index (χ1) is 10.0. The summed E-state index contributed by atoms with van der Waals surface area (Å²) in [5.41, 5.74) is 1.06. The molecule has 0 aromatic carbocycles. The molecule has 0 saturated carbocycles. The maximum absolute atomic E-state index is 12.3. The number of rotatable bonds is 8. The first kappa shape index (κ1) is 16.2. The molecule has 2 aromatic rings. The van der Waals surface area contributed by atoms with E-state index in [2.05, 4.69) is 15.1 Å². The summed E-state index contributed by atoms with van der Waals surface area (Å²) in [5, 5.41) is 9.09. The van der Waals surface area contributed by atoms with Gasteiger partial charge in [0, 0.05) is 24.2 Å². The van der Waals surface area contributed by atoms with Crippen molar-refractivity contribution in [3.63, 3.8) is 0 Å². The van der Waals surface area contributed by atoms with E-state index in [9.17, 15) is 8.42 Å². The van der Waals surface area contributed by atoms with E-state index >= 15 is 0 Å². The van der Waals surface area contributed by atoms with Crippen LogP contribution < -0.4 is 10.0 Å². The summed E-state index contributed by atoms with van der Waals surface area (Å²) in [5.74, 6) is 0. The molecule has 2 heterocycles. The fraction of sp³-hybridized carbons (Fsp3) is 0.462. The molecule has 0 aliphatic heterocycles. The third-order valence-electron chi connectivity index (χ3n) is 2.92. The summed E-state index contributed by atoms with van der Waals surface area (Å²) in [6.07, 6.45) is 3.64. The Labute approximate surface area is 129 Å². The molecule has 0 bridgehead atoms. The molecule has 8 heteroatoms. The molecule has 2 aromatic heterocycles. The number of nitrogens with zero attached hydrogens (tertiary/aromatic N) is 2. The second kappa shape index (κ2) is 7.17. The van der Waals surface area contributed by atoms with Gasteiger partial charge in [-0.25, -0.2) is 13.1 Å². The Morgan fingerprint density at radius 1 is 1.43 bits per heavy atom. The van der Waals surface area contributed by atoms with E-state index in [1.54, 1.807) is 22.3 Å². The second-order valence-corrected chi connectivity index (χ2v) is 7.40. The topological polar surface area (TPSA) is 76.0 Å². The van der Waals surface area contributed by atoms with Crippen LogP contribution in [0, 0.1) is 6.92 Å². The third kappa shape index (κ3) is 4.37. The average Bonchev–Trinajstić information content (AvgIpc) is 3.05. The first-order valence-electron chi connectivity index (χ1n) is 6.78. The quantitative estimate of drug-likeness (QED) is 0.767. The normalized spacial score (nSPS) is 11.9. The van der Waals surface area contributed by atoms with Gasteiger partial charge in [0.1, 0.15) is 0 Å². The number of nitrogens with one attached hydrogen (secondary N) is 2. The Balaban J connectivity index is 1.96. The van der Waals surface area contributed by atoms with Crippen LogP contribution in [0.4, 0.5) is 0 Å². The van der Waals surface area contributed by atoms with Crippen molar-refractivity contribution < 1.29 is 8.42 Å². The van der Waals surface area contributed by atoms with Gasteiger partial charge in [0.25, 0.3) is 0 Å². The lowest BCUT2D eigenvalue weighted by molar-refractivity contribution is 0.559. The van der Waals surface area contributed by atoms with Crippen molar-refractivity contribution in [2.45, 2.75) is 31.8 Å². The average molecular weight is 328 g/mol. The van der Waals surface area contributed by atoms with E-state index in [0.717, 1.165) is 17.0 Å². The minimum atomic E-state index is -3.46. The van der Waals surface area contributed by atoms with Crippen LogP contribution in [0.1, 0.15) is 17.4 Å². The maximum atomic E-state index is 12.3. The van der Waals surface area contributed by atoms with E-state index in [-0.39, 0.29) is 0 Å². The molecule has 0 fully saturated rings. The van der Waals surface area contributed by atoms with Crippen LogP contribution in [0.25, 0.3) is 0 Å². The monoisotopic (exact) mass is 328 g/mol. The van der Waals surface area contributed by atoms with Crippen LogP contribution in [0.2, 0.25) is 0 Å². The molecule has 0 radical (unpaired) electrons. The van der Waals surface area contributed by atoms with Gasteiger partial charge in [-0.3, -0.25) is 4.68 Å². The van der Waals surface area contributed by atoms with Crippen LogP contribution in [0.5, 0.6) is 0 Å². The second-order valence-electron chi connectivity index (χ2n) is 4.67. The molecule has 21 heavy (non-hydrogen) atoms. The third-order valence-corrected chi connectivity index (χ3v) is 5.52. The molecule has 2 rings (SSSR count). The Bertz CT molecular complexity index is 676. The minimum Gasteiger partial charge on any atom is -0.312 e. The van der Waals surface area contributed by atoms with Crippen LogP contribution in [0.3, 0.4) is 0 Å². The molecule has 0 atom stereocenters. The fourth-order valence-corrected chi connectivity index (χ4v) is 4.33. The van der Waals surface area contributed by atoms with E-state index in [4.69, 9.17) is 0 Å². The number of hydrogen-bond acceptors (Lipinski definition) is 5. The van der Waals surface area contributed by atoms with Crippen LogP contribution >= 0.6 is 11.3 Å². The van der Waals surface area contributed by atoms with Gasteiger partial charge in [-0.2, -0.15) is 5.10 Å². The van der Waals surface area contributed by atoms with Crippen molar-refractivity contribution >= 4 is 21.4 Å². The largest absolute Gasteiger partial charge is 0.312 e. The molecule has 0 spiro atoms. The van der Waals surface area contributed by atoms with Crippen molar-refractivity contribution in [3.8, 4) is 0 Å². The number of aromatic nitrogens is 2. The summed E-state index contributed by atoms with van der Waals surface area (Å²) in [7, 11) is -3.46. The zero-order chi connectivity index (χ0) is 15.3. The van der Waals surface area contributed by atoms with Gasteiger partial charge < -0.3 is 5.32 Å². The van der Waals surface area contributed by atoms with Gasteiger partial charge in [-0.05, 0) is 30.5 Å². The van der Waals surface area contributed by atoms with E-state index < -0.39 is 10.0 Å². The van der Waals surface area contributed by atoms with Gasteiger partial charge in [-0.1, -0.05) is 6.92 Å². The fourth-order valence-electron chi connectivity index (χ4n) is 1.90. The lowest BCUT2D eigenvalue weighted by Crippen LogP contribution is -2.28. The van der Waals surface area contributed by atoms with Crippen molar-refractivity contribution in [1.82, 2.24) is 19.8 Å². The van der Waals surface area contributed by atoms with E-state index in [1.165, 1.54) is 11.3 Å². The highest BCUT2D eigenvalue weighted by Gasteiger charge is 2.18. The molecule has 0 amide bonds. The molecule has 0 unspecified atom stereocenters. The lowest BCUT2D eigenvalue weighted by atomic mass is 10.4. The minimum absolute atomic E-state index is 0.319. The summed E-state index contributed by atoms with van der Waals surface area (Å²) < 4.78 is 29.0. The molecule has 116 valence electrons. The van der Waals surface area contributed by atoms with Gasteiger partial charge in [0.2, 0.25) is 10.0 Å². The SMILES string of the molecule is CCNCc1sccc1S(=O)(=O)NCCn1cc(C)cn1. The highest BCUT2D eigenvalue weighted by Crippen LogP contribution is 2.21. The molecule has 2 N–H and O–H groups in total. The zero-order valence-electron chi connectivity index (χ0n) is 12.2. The van der Waals surface area contributed by atoms with E-state index in [1.807, 2.05) is 20.0 Å². The number of sulfonamides is 1. The highest BCUT2D eigenvalue weighted by molar-refractivity contribution is 7.89. The van der Waals surface area contributed by atoms with Crippen molar-refractivity contribution in [2.75, 3.05) is 13.1 Å². The standard InChI is InChI=1S/C13H20N4O2S2/c1-3-14-9-12-13(4-7-20-12)21(18,19)16-5-6-17-10-11(2)8-15-17/h4,7-8,10,14,16H,3,5-6,9H2,1-2H3. The summed E-state index contributed by atoms with van der Waals surface area (Å²) in [6.45, 7) is 6.16. The molecule has 0 aliphatic rings. The number of hydrogen-bond donors (Lipinski definition) is 2. The van der Waals surface area contributed by atoms with Crippen molar-refractivity contribution in [2.24, 2.45) is 0 Å². The lowest BCUT2D eigenvalue weighted by Gasteiger charge is -2.08. The van der Waals surface area contributed by atoms with Crippen LogP contribution in [0.15, 0.2) is 28.7 Å². The smallest absolute Gasteiger partial charge is 0.241 e. The molecular formula is C13H20N4O2S2. The summed E-state index contributed by atoms with van der Waals surface area (Å²) >= 11 is 1.45. The number of aryl methyl sites for hydroxylation is 1. The van der Waals surface area contributed by atoms with Crippen LogP contribution in [-0.4, -0.2) is 31.3 Å². The summed E-state index contributed by atoms with van der Waals surface area (Å²) in [6, 6.07) is 1.65. The first-order valence-corrected chi connectivity index (χ1v) is 9.15. The molecule has 0 saturated heterocycles. The van der Waals surface area contributed by atoms with Gasteiger partial charge in [-0.15, -0.1) is 11.3 Å². The van der Waals surface area contributed by atoms with E-state index in [0.29, 0.717) is 24.5 Å². The number of thiophene rings is 1. The Morgan fingerprint density at radius 3 is 2.90 bits per heavy atom. The maximum Gasteiger partial charge on any atom is 0.241 e. The van der Waals surface area contributed by atoms with Gasteiger partial charge >= 0.3 is 0 Å². The predicted molar refractivity (Wildman–Crippen MR) is 83.9 cm³/mol. The Kier molecular flexibility index (Phi) is 5.51. The predicted octanol–water partition coefficient (Wildman–Crippen LogP) is 1.34.